The molecule has 6 heteroatoms. The van der Waals surface area contributed by atoms with E-state index in [1.165, 1.54) is 31.0 Å². The molecule has 0 N–H and O–H groups in total. The Labute approximate surface area is 165 Å². The summed E-state index contributed by atoms with van der Waals surface area (Å²) < 4.78 is 1.73. The highest BCUT2D eigenvalue weighted by molar-refractivity contribution is 7.99. The van der Waals surface area contributed by atoms with Gasteiger partial charge in [0.25, 0.3) is 5.56 Å². The van der Waals surface area contributed by atoms with Gasteiger partial charge in [0.1, 0.15) is 0 Å². The predicted molar refractivity (Wildman–Crippen MR) is 111 cm³/mol. The van der Waals surface area contributed by atoms with Gasteiger partial charge in [-0.05, 0) is 30.9 Å². The summed E-state index contributed by atoms with van der Waals surface area (Å²) in [5, 5.41) is 1.27. The number of rotatable bonds is 6. The number of fused-ring (bicyclic) bond motifs is 1. The normalized spacial score (nSPS) is 15.4. The minimum Gasteiger partial charge on any atom is -0.342 e. The van der Waals surface area contributed by atoms with E-state index < -0.39 is 0 Å². The van der Waals surface area contributed by atoms with Crippen molar-refractivity contribution in [2.45, 2.75) is 63.7 Å². The second-order valence-corrected chi connectivity index (χ2v) is 8.75. The molecule has 3 rings (SSSR count). The van der Waals surface area contributed by atoms with Crippen molar-refractivity contribution < 1.29 is 4.79 Å². The molecule has 1 heterocycles. The van der Waals surface area contributed by atoms with Crippen LogP contribution < -0.4 is 5.56 Å². The van der Waals surface area contributed by atoms with Crippen molar-refractivity contribution >= 4 is 28.6 Å². The molecule has 1 amide bonds. The van der Waals surface area contributed by atoms with Crippen molar-refractivity contribution in [2.24, 2.45) is 5.92 Å². The Bertz CT molecular complexity index is 856. The maximum absolute atomic E-state index is 12.9. The number of hydrogen-bond acceptors (Lipinski definition) is 4. The third-order valence-corrected chi connectivity index (χ3v) is 6.18. The molecule has 1 fully saturated rings. The van der Waals surface area contributed by atoms with E-state index >= 15 is 0 Å². The monoisotopic (exact) mass is 387 g/mol. The molecule has 5 nitrogen and oxygen atoms in total. The van der Waals surface area contributed by atoms with E-state index in [2.05, 4.69) is 18.8 Å². The molecular weight excluding hydrogens is 358 g/mol. The quantitative estimate of drug-likeness (QED) is 0.557. The molecule has 0 unspecified atom stereocenters. The number of amides is 1. The summed E-state index contributed by atoms with van der Waals surface area (Å²) in [5.41, 5.74) is 0.669. The van der Waals surface area contributed by atoms with E-state index in [1.807, 2.05) is 36.2 Å². The van der Waals surface area contributed by atoms with Crippen LogP contribution in [-0.4, -0.2) is 39.2 Å². The molecule has 1 aromatic carbocycles. The van der Waals surface area contributed by atoms with Gasteiger partial charge in [-0.3, -0.25) is 14.2 Å². The molecule has 1 aromatic heterocycles. The lowest BCUT2D eigenvalue weighted by atomic mass is 9.94. The average Bonchev–Trinajstić information content (AvgIpc) is 2.68. The fourth-order valence-electron chi connectivity index (χ4n) is 3.68. The fourth-order valence-corrected chi connectivity index (χ4v) is 4.62. The van der Waals surface area contributed by atoms with Gasteiger partial charge in [-0.1, -0.05) is 57.0 Å². The third kappa shape index (κ3) is 4.72. The van der Waals surface area contributed by atoms with Gasteiger partial charge >= 0.3 is 0 Å². The van der Waals surface area contributed by atoms with Crippen LogP contribution in [0.5, 0.6) is 0 Å². The van der Waals surface area contributed by atoms with Crippen molar-refractivity contribution in [3.05, 3.63) is 34.6 Å². The van der Waals surface area contributed by atoms with E-state index in [-0.39, 0.29) is 11.5 Å². The lowest BCUT2D eigenvalue weighted by Gasteiger charge is -2.31. The van der Waals surface area contributed by atoms with E-state index in [0.717, 1.165) is 12.8 Å². The number of carbonyl (C=O) groups excluding carboxylic acids is 1. The highest BCUT2D eigenvalue weighted by atomic mass is 32.2. The molecule has 27 heavy (non-hydrogen) atoms. The van der Waals surface area contributed by atoms with Gasteiger partial charge in [0.05, 0.1) is 16.7 Å². The van der Waals surface area contributed by atoms with Crippen molar-refractivity contribution in [1.82, 2.24) is 14.5 Å². The zero-order valence-electron chi connectivity index (χ0n) is 16.5. The Morgan fingerprint density at radius 3 is 2.67 bits per heavy atom. The second kappa shape index (κ2) is 8.91. The first-order chi connectivity index (χ1) is 13.0. The lowest BCUT2D eigenvalue weighted by molar-refractivity contribution is -0.129. The molecule has 146 valence electrons. The van der Waals surface area contributed by atoms with Crippen LogP contribution in [0.15, 0.2) is 34.2 Å². The fraction of sp³-hybridized carbons (Fsp3) is 0.571. The third-order valence-electron chi connectivity index (χ3n) is 5.21. The van der Waals surface area contributed by atoms with Crippen LogP contribution in [0.25, 0.3) is 10.9 Å². The summed E-state index contributed by atoms with van der Waals surface area (Å²) in [7, 11) is 1.91. The van der Waals surface area contributed by atoms with Gasteiger partial charge < -0.3 is 4.90 Å². The van der Waals surface area contributed by atoms with Crippen LogP contribution in [0, 0.1) is 5.92 Å². The first-order valence-corrected chi connectivity index (χ1v) is 10.8. The summed E-state index contributed by atoms with van der Waals surface area (Å²) in [6.07, 6.45) is 5.87. The maximum atomic E-state index is 12.9. The Morgan fingerprint density at radius 2 is 1.96 bits per heavy atom. The smallest absolute Gasteiger partial charge is 0.262 e. The highest BCUT2D eigenvalue weighted by Crippen LogP contribution is 2.24. The molecule has 0 spiro atoms. The van der Waals surface area contributed by atoms with Crippen molar-refractivity contribution in [2.75, 3.05) is 12.8 Å². The zero-order valence-corrected chi connectivity index (χ0v) is 17.3. The summed E-state index contributed by atoms with van der Waals surface area (Å²) >= 11 is 1.38. The van der Waals surface area contributed by atoms with Gasteiger partial charge in [0, 0.05) is 19.6 Å². The number of thioether (sulfide) groups is 1. The SMILES string of the molecule is CC(C)Cn1c(SCC(=O)N(C)C2CCCCC2)nc2ccccc2c1=O. The van der Waals surface area contributed by atoms with Crippen LogP contribution in [-0.2, 0) is 11.3 Å². The van der Waals surface area contributed by atoms with Crippen molar-refractivity contribution in [3.63, 3.8) is 0 Å². The maximum Gasteiger partial charge on any atom is 0.262 e. The Kier molecular flexibility index (Phi) is 6.58. The molecule has 1 aliphatic rings. The largest absolute Gasteiger partial charge is 0.342 e. The number of nitrogens with zero attached hydrogens (tertiary/aromatic N) is 3. The summed E-state index contributed by atoms with van der Waals surface area (Å²) in [6, 6.07) is 7.78. The summed E-state index contributed by atoms with van der Waals surface area (Å²) in [6.45, 7) is 4.77. The molecule has 1 aliphatic carbocycles. The van der Waals surface area contributed by atoms with Crippen molar-refractivity contribution in [1.29, 1.82) is 0 Å². The lowest BCUT2D eigenvalue weighted by Crippen LogP contribution is -2.39. The van der Waals surface area contributed by atoms with E-state index in [4.69, 9.17) is 0 Å². The Hall–Kier alpha value is -1.82. The minimum atomic E-state index is -0.0233. The van der Waals surface area contributed by atoms with Crippen LogP contribution in [0.3, 0.4) is 0 Å². The Morgan fingerprint density at radius 1 is 1.26 bits per heavy atom. The number of carbonyl (C=O) groups is 1. The van der Waals surface area contributed by atoms with Crippen LogP contribution >= 0.6 is 11.8 Å². The second-order valence-electron chi connectivity index (χ2n) is 7.81. The first-order valence-electron chi connectivity index (χ1n) is 9.85. The van der Waals surface area contributed by atoms with E-state index in [9.17, 15) is 9.59 Å². The zero-order chi connectivity index (χ0) is 19.4. The minimum absolute atomic E-state index is 0.0233. The average molecular weight is 388 g/mol. The highest BCUT2D eigenvalue weighted by Gasteiger charge is 2.23. The number of aromatic nitrogens is 2. The molecule has 0 saturated heterocycles. The summed E-state index contributed by atoms with van der Waals surface area (Å²) in [5.74, 6) is 0.756. The van der Waals surface area contributed by atoms with Gasteiger partial charge in [-0.2, -0.15) is 0 Å². The van der Waals surface area contributed by atoms with E-state index in [1.54, 1.807) is 4.57 Å². The van der Waals surface area contributed by atoms with Gasteiger partial charge in [-0.15, -0.1) is 0 Å². The Balaban J connectivity index is 1.80. The molecular formula is C21H29N3O2S. The van der Waals surface area contributed by atoms with Gasteiger partial charge in [0.15, 0.2) is 5.16 Å². The molecule has 0 atom stereocenters. The topological polar surface area (TPSA) is 55.2 Å². The van der Waals surface area contributed by atoms with E-state index in [0.29, 0.717) is 40.3 Å². The van der Waals surface area contributed by atoms with Crippen LogP contribution in [0.2, 0.25) is 0 Å². The molecule has 0 radical (unpaired) electrons. The predicted octanol–water partition coefficient (Wildman–Crippen LogP) is 3.94. The number of hydrogen-bond donors (Lipinski definition) is 0. The molecule has 1 saturated carbocycles. The van der Waals surface area contributed by atoms with Crippen LogP contribution in [0.1, 0.15) is 46.0 Å². The first kappa shape index (κ1) is 19.9. The molecule has 2 aromatic rings. The van der Waals surface area contributed by atoms with Crippen LogP contribution in [0.4, 0.5) is 0 Å². The number of para-hydroxylation sites is 1. The number of benzene rings is 1. The molecule has 0 aliphatic heterocycles. The van der Waals surface area contributed by atoms with Gasteiger partial charge in [0.2, 0.25) is 5.91 Å². The van der Waals surface area contributed by atoms with Crippen molar-refractivity contribution in [3.8, 4) is 0 Å². The van der Waals surface area contributed by atoms with Gasteiger partial charge in [-0.25, -0.2) is 4.98 Å². The molecule has 0 bridgehead atoms. The summed E-state index contributed by atoms with van der Waals surface area (Å²) in [4.78, 5) is 32.2. The standard InChI is InChI=1S/C21H29N3O2S/c1-15(2)13-24-20(26)17-11-7-8-12-18(17)22-21(24)27-14-19(25)23(3)16-9-5-4-6-10-16/h7-8,11-12,15-16H,4-6,9-10,13-14H2,1-3H3.